The van der Waals surface area contributed by atoms with Gasteiger partial charge in [-0.2, -0.15) is 0 Å². The van der Waals surface area contributed by atoms with Crippen LogP contribution in [0.5, 0.6) is 5.75 Å². The third-order valence-electron chi connectivity index (χ3n) is 5.26. The van der Waals surface area contributed by atoms with E-state index in [1.807, 2.05) is 54.6 Å². The number of hydrogen-bond acceptors (Lipinski definition) is 3. The Morgan fingerprint density at radius 2 is 1.72 bits per heavy atom. The number of ether oxygens (including phenoxy) is 1. The molecule has 0 heterocycles. The Labute approximate surface area is 174 Å². The smallest absolute Gasteiger partial charge is 0.279 e. The number of nitrogens with one attached hydrogen (secondary N) is 2. The van der Waals surface area contributed by atoms with E-state index in [4.69, 9.17) is 16.3 Å². The van der Waals surface area contributed by atoms with Crippen molar-refractivity contribution in [3.63, 3.8) is 0 Å². The summed E-state index contributed by atoms with van der Waals surface area (Å²) in [7, 11) is 0. The second-order valence-electron chi connectivity index (χ2n) is 7.30. The van der Waals surface area contributed by atoms with Gasteiger partial charge in [0.05, 0.1) is 5.41 Å². The summed E-state index contributed by atoms with van der Waals surface area (Å²) in [4.78, 5) is 25.0. The highest BCUT2D eigenvalue weighted by Gasteiger charge is 2.51. The normalized spacial score (nSPS) is 15.4. The van der Waals surface area contributed by atoms with E-state index in [1.54, 1.807) is 19.1 Å². The largest absolute Gasteiger partial charge is 0.481 e. The zero-order chi connectivity index (χ0) is 20.4. The first kappa shape index (κ1) is 19.3. The van der Waals surface area contributed by atoms with Crippen molar-refractivity contribution >= 4 is 34.2 Å². The second kappa shape index (κ2) is 7.76. The predicted molar refractivity (Wildman–Crippen MR) is 113 cm³/mol. The maximum absolute atomic E-state index is 12.7. The molecule has 3 aromatic rings. The number of hydrogen-bond donors (Lipinski definition) is 2. The third kappa shape index (κ3) is 4.05. The fourth-order valence-electron chi connectivity index (χ4n) is 3.40. The molecule has 5 nitrogen and oxygen atoms in total. The maximum Gasteiger partial charge on any atom is 0.279 e. The van der Waals surface area contributed by atoms with Crippen molar-refractivity contribution in [3.8, 4) is 5.75 Å². The van der Waals surface area contributed by atoms with Gasteiger partial charge >= 0.3 is 0 Å². The lowest BCUT2D eigenvalue weighted by Gasteiger charge is -2.19. The fourth-order valence-corrected chi connectivity index (χ4v) is 3.59. The van der Waals surface area contributed by atoms with Gasteiger partial charge in [-0.1, -0.05) is 54.1 Å². The van der Waals surface area contributed by atoms with Gasteiger partial charge in [0.25, 0.3) is 5.91 Å². The van der Waals surface area contributed by atoms with Gasteiger partial charge in [-0.3, -0.25) is 20.4 Å². The molecule has 0 aliphatic heterocycles. The molecule has 0 saturated heterocycles. The predicted octanol–water partition coefficient (Wildman–Crippen LogP) is 4.14. The molecule has 1 atom stereocenters. The molecule has 1 saturated carbocycles. The first-order valence-corrected chi connectivity index (χ1v) is 9.87. The molecule has 0 bridgehead atoms. The molecule has 1 aliphatic rings. The van der Waals surface area contributed by atoms with Crippen LogP contribution in [0.2, 0.25) is 5.02 Å². The minimum atomic E-state index is -0.766. The van der Waals surface area contributed by atoms with Crippen LogP contribution < -0.4 is 15.6 Å². The molecule has 6 heteroatoms. The number of fused-ring (bicyclic) bond motifs is 1. The maximum atomic E-state index is 12.7. The molecule has 2 N–H and O–H groups in total. The minimum absolute atomic E-state index is 0.244. The number of hydrazine groups is 1. The highest BCUT2D eigenvalue weighted by atomic mass is 35.5. The Balaban J connectivity index is 1.35. The number of rotatable bonds is 5. The SMILES string of the molecule is CC(Oc1ccc2ccccc2c1)C(=O)NNC(=O)C1(c2cccc(Cl)c2)CC1. The Morgan fingerprint density at radius 3 is 2.45 bits per heavy atom. The van der Waals surface area contributed by atoms with Crippen LogP contribution in [0, 0.1) is 0 Å². The minimum Gasteiger partial charge on any atom is -0.481 e. The van der Waals surface area contributed by atoms with Gasteiger partial charge in [0, 0.05) is 5.02 Å². The molecular formula is C23H21ClN2O3. The highest BCUT2D eigenvalue weighted by Crippen LogP contribution is 2.48. The molecule has 2 amide bonds. The number of carbonyl (C=O) groups is 2. The molecular weight excluding hydrogens is 388 g/mol. The van der Waals surface area contributed by atoms with Gasteiger partial charge in [0.15, 0.2) is 6.10 Å². The van der Waals surface area contributed by atoms with E-state index in [9.17, 15) is 9.59 Å². The molecule has 0 aromatic heterocycles. The van der Waals surface area contributed by atoms with Crippen molar-refractivity contribution in [2.45, 2.75) is 31.3 Å². The molecule has 148 valence electrons. The highest BCUT2D eigenvalue weighted by molar-refractivity contribution is 6.30. The number of halogens is 1. The van der Waals surface area contributed by atoms with E-state index < -0.39 is 17.4 Å². The van der Waals surface area contributed by atoms with E-state index in [2.05, 4.69) is 10.9 Å². The van der Waals surface area contributed by atoms with E-state index in [0.717, 1.165) is 29.2 Å². The van der Waals surface area contributed by atoms with Crippen molar-refractivity contribution in [1.82, 2.24) is 10.9 Å². The molecule has 1 fully saturated rings. The average Bonchev–Trinajstić information content (AvgIpc) is 3.54. The fraction of sp³-hybridized carbons (Fsp3) is 0.217. The van der Waals surface area contributed by atoms with Gasteiger partial charge in [-0.25, -0.2) is 0 Å². The van der Waals surface area contributed by atoms with Gasteiger partial charge in [-0.05, 0) is 60.4 Å². The monoisotopic (exact) mass is 408 g/mol. The summed E-state index contributed by atoms with van der Waals surface area (Å²) in [6, 6.07) is 20.8. The zero-order valence-electron chi connectivity index (χ0n) is 15.9. The third-order valence-corrected chi connectivity index (χ3v) is 5.50. The Kier molecular flexibility index (Phi) is 5.16. The van der Waals surface area contributed by atoms with E-state index in [1.165, 1.54) is 0 Å². The van der Waals surface area contributed by atoms with Crippen molar-refractivity contribution in [2.75, 3.05) is 0 Å². The lowest BCUT2D eigenvalue weighted by atomic mass is 9.95. The quantitative estimate of drug-likeness (QED) is 0.623. The second-order valence-corrected chi connectivity index (χ2v) is 7.74. The van der Waals surface area contributed by atoms with Crippen LogP contribution in [0.3, 0.4) is 0 Å². The van der Waals surface area contributed by atoms with Crippen molar-refractivity contribution in [2.24, 2.45) is 0 Å². The van der Waals surface area contributed by atoms with Crippen molar-refractivity contribution < 1.29 is 14.3 Å². The molecule has 1 unspecified atom stereocenters. The van der Waals surface area contributed by atoms with Crippen LogP contribution in [0.1, 0.15) is 25.3 Å². The molecule has 3 aromatic carbocycles. The summed E-state index contributed by atoms with van der Waals surface area (Å²) in [6.45, 7) is 1.64. The molecule has 1 aliphatic carbocycles. The van der Waals surface area contributed by atoms with Crippen LogP contribution in [-0.4, -0.2) is 17.9 Å². The summed E-state index contributed by atoms with van der Waals surface area (Å²) in [5.41, 5.74) is 5.25. The topological polar surface area (TPSA) is 67.4 Å². The van der Waals surface area contributed by atoms with Crippen LogP contribution in [0.4, 0.5) is 0 Å². The number of amides is 2. The Bertz CT molecular complexity index is 1080. The summed E-state index contributed by atoms with van der Waals surface area (Å²) >= 11 is 6.05. The number of benzene rings is 3. The lowest BCUT2D eigenvalue weighted by molar-refractivity contribution is -0.133. The Morgan fingerprint density at radius 1 is 0.966 bits per heavy atom. The van der Waals surface area contributed by atoms with E-state index in [0.29, 0.717) is 10.8 Å². The molecule has 0 spiro atoms. The summed E-state index contributed by atoms with van der Waals surface area (Å²) < 4.78 is 5.74. The van der Waals surface area contributed by atoms with Crippen LogP contribution in [0.15, 0.2) is 66.7 Å². The summed E-state index contributed by atoms with van der Waals surface area (Å²) in [5.74, 6) is -0.0744. The van der Waals surface area contributed by atoms with Gasteiger partial charge in [0.2, 0.25) is 5.91 Å². The first-order valence-electron chi connectivity index (χ1n) is 9.50. The Hall–Kier alpha value is -3.05. The van der Waals surface area contributed by atoms with E-state index in [-0.39, 0.29) is 5.91 Å². The van der Waals surface area contributed by atoms with Crippen LogP contribution in [-0.2, 0) is 15.0 Å². The van der Waals surface area contributed by atoms with E-state index >= 15 is 0 Å². The molecule has 29 heavy (non-hydrogen) atoms. The van der Waals surface area contributed by atoms with Crippen LogP contribution >= 0.6 is 11.6 Å². The first-order chi connectivity index (χ1) is 14.0. The lowest BCUT2D eigenvalue weighted by Crippen LogP contribution is -2.50. The summed E-state index contributed by atoms with van der Waals surface area (Å²) in [6.07, 6.45) is 0.675. The van der Waals surface area contributed by atoms with Gasteiger partial charge in [0.1, 0.15) is 5.75 Å². The zero-order valence-corrected chi connectivity index (χ0v) is 16.7. The van der Waals surface area contributed by atoms with Gasteiger partial charge < -0.3 is 4.74 Å². The molecule has 4 rings (SSSR count). The van der Waals surface area contributed by atoms with Crippen LogP contribution in [0.25, 0.3) is 10.8 Å². The summed E-state index contributed by atoms with van der Waals surface area (Å²) in [5, 5.41) is 2.71. The number of carbonyl (C=O) groups excluding carboxylic acids is 2. The van der Waals surface area contributed by atoms with Crippen molar-refractivity contribution in [1.29, 1.82) is 0 Å². The van der Waals surface area contributed by atoms with Gasteiger partial charge in [-0.15, -0.1) is 0 Å². The molecule has 0 radical (unpaired) electrons. The van der Waals surface area contributed by atoms with Crippen molar-refractivity contribution in [3.05, 3.63) is 77.3 Å². The average molecular weight is 409 g/mol. The standard InChI is InChI=1S/C23H21ClN2O3/c1-15(29-20-10-9-16-5-2-3-6-17(16)13-20)21(27)25-26-22(28)23(11-12-23)18-7-4-8-19(24)14-18/h2-10,13-15H,11-12H2,1H3,(H,25,27)(H,26,28).